The third-order valence-electron chi connectivity index (χ3n) is 5.39. The van der Waals surface area contributed by atoms with E-state index in [4.69, 9.17) is 0 Å². The first-order valence-electron chi connectivity index (χ1n) is 10.8. The van der Waals surface area contributed by atoms with Gasteiger partial charge in [-0.05, 0) is 64.7 Å². The van der Waals surface area contributed by atoms with Crippen LogP contribution in [0.15, 0.2) is 24.3 Å². The molecule has 0 bridgehead atoms. The van der Waals surface area contributed by atoms with Crippen LogP contribution in [0.5, 0.6) is 0 Å². The zero-order chi connectivity index (χ0) is 21.3. The summed E-state index contributed by atoms with van der Waals surface area (Å²) in [7, 11) is -3.26. The lowest BCUT2D eigenvalue weighted by Gasteiger charge is -2.21. The number of hydrogen-bond acceptors (Lipinski definition) is 4. The summed E-state index contributed by atoms with van der Waals surface area (Å²) in [4.78, 5) is 12.4. The molecule has 6 nitrogen and oxygen atoms in total. The highest BCUT2D eigenvalue weighted by Gasteiger charge is 2.27. The van der Waals surface area contributed by atoms with E-state index < -0.39 is 14.8 Å². The van der Waals surface area contributed by atoms with Crippen LogP contribution in [0.4, 0.5) is 11.4 Å². The van der Waals surface area contributed by atoms with Gasteiger partial charge in [0.2, 0.25) is 15.9 Å². The van der Waals surface area contributed by atoms with Gasteiger partial charge < -0.3 is 10.6 Å². The highest BCUT2D eigenvalue weighted by molar-refractivity contribution is 7.90. The molecule has 1 aromatic rings. The second-order valence-corrected chi connectivity index (χ2v) is 11.4. The summed E-state index contributed by atoms with van der Waals surface area (Å²) in [6, 6.07) is 7.83. The lowest BCUT2D eigenvalue weighted by molar-refractivity contribution is -0.120. The zero-order valence-electron chi connectivity index (χ0n) is 18.1. The molecule has 1 aliphatic rings. The normalized spacial score (nSPS) is 15.8. The van der Waals surface area contributed by atoms with Crippen LogP contribution < -0.4 is 15.4 Å². The number of sulfonamides is 1. The van der Waals surface area contributed by atoms with Crippen molar-refractivity contribution in [2.24, 2.45) is 5.92 Å². The van der Waals surface area contributed by atoms with Gasteiger partial charge in [-0.2, -0.15) is 0 Å². The van der Waals surface area contributed by atoms with Crippen LogP contribution in [-0.2, 0) is 14.8 Å². The number of unbranched alkanes of at least 4 members (excludes halogenated alkanes) is 2. The quantitative estimate of drug-likeness (QED) is 0.483. The summed E-state index contributed by atoms with van der Waals surface area (Å²) in [5.74, 6) is 0.288. The molecule has 29 heavy (non-hydrogen) atoms. The lowest BCUT2D eigenvalue weighted by atomic mass is 9.88. The number of amides is 1. The van der Waals surface area contributed by atoms with Gasteiger partial charge in [0.25, 0.3) is 0 Å². The summed E-state index contributed by atoms with van der Waals surface area (Å²) in [5.41, 5.74) is 1.82. The van der Waals surface area contributed by atoms with Crippen molar-refractivity contribution in [1.29, 1.82) is 0 Å². The number of anilines is 2. The molecule has 2 rings (SSSR count). The molecule has 0 heterocycles. The summed E-state index contributed by atoms with van der Waals surface area (Å²) in [6.45, 7) is 6.38. The topological polar surface area (TPSA) is 87.3 Å². The molecule has 1 aliphatic carbocycles. The number of hydrogen-bond donors (Lipinski definition) is 3. The minimum atomic E-state index is -3.26. The van der Waals surface area contributed by atoms with E-state index >= 15 is 0 Å². The Hall–Kier alpha value is -1.60. The smallest absolute Gasteiger partial charge is 0.227 e. The fourth-order valence-corrected chi connectivity index (χ4v) is 4.24. The largest absolute Gasteiger partial charge is 0.385 e. The van der Waals surface area contributed by atoms with E-state index in [9.17, 15) is 13.2 Å². The van der Waals surface area contributed by atoms with Crippen molar-refractivity contribution in [3.63, 3.8) is 0 Å². The Labute approximate surface area is 176 Å². The van der Waals surface area contributed by atoms with Crippen LogP contribution in [0, 0.1) is 5.92 Å². The average Bonchev–Trinajstić information content (AvgIpc) is 2.67. The fourth-order valence-electron chi connectivity index (χ4n) is 3.40. The molecule has 0 radical (unpaired) electrons. The number of rotatable bonds is 10. The molecule has 1 saturated carbocycles. The Morgan fingerprint density at radius 3 is 2.34 bits per heavy atom. The van der Waals surface area contributed by atoms with Gasteiger partial charge in [-0.25, -0.2) is 13.1 Å². The molecule has 1 amide bonds. The van der Waals surface area contributed by atoms with Gasteiger partial charge in [-0.15, -0.1) is 0 Å². The van der Waals surface area contributed by atoms with Crippen molar-refractivity contribution in [2.75, 3.05) is 23.7 Å². The number of nitrogens with one attached hydrogen (secondary N) is 3. The molecule has 0 saturated heterocycles. The van der Waals surface area contributed by atoms with Crippen molar-refractivity contribution in [1.82, 2.24) is 4.72 Å². The Morgan fingerprint density at radius 2 is 1.66 bits per heavy atom. The molecule has 164 valence electrons. The molecule has 0 unspecified atom stereocenters. The molecular formula is C22H37N3O3S. The average molecular weight is 424 g/mol. The summed E-state index contributed by atoms with van der Waals surface area (Å²) in [5, 5.41) is 6.43. The van der Waals surface area contributed by atoms with E-state index in [0.717, 1.165) is 62.9 Å². The SMILES string of the molecule is CC(C)(C)S(=O)(=O)NCCCCCNc1cccc(NC(=O)C2CCCCC2)c1. The van der Waals surface area contributed by atoms with Crippen LogP contribution in [0.25, 0.3) is 0 Å². The van der Waals surface area contributed by atoms with Crippen LogP contribution in [-0.4, -0.2) is 32.2 Å². The van der Waals surface area contributed by atoms with E-state index in [1.807, 2.05) is 24.3 Å². The molecule has 0 spiro atoms. The van der Waals surface area contributed by atoms with Crippen LogP contribution >= 0.6 is 0 Å². The highest BCUT2D eigenvalue weighted by Crippen LogP contribution is 2.25. The molecule has 1 fully saturated rings. The third kappa shape index (κ3) is 7.97. The minimum absolute atomic E-state index is 0.138. The molecule has 3 N–H and O–H groups in total. The molecule has 1 aromatic carbocycles. The van der Waals surface area contributed by atoms with Gasteiger partial charge in [0.05, 0.1) is 4.75 Å². The van der Waals surface area contributed by atoms with Crippen molar-refractivity contribution in [3.05, 3.63) is 24.3 Å². The van der Waals surface area contributed by atoms with Crippen LogP contribution in [0.3, 0.4) is 0 Å². The van der Waals surface area contributed by atoms with E-state index in [-0.39, 0.29) is 11.8 Å². The lowest BCUT2D eigenvalue weighted by Crippen LogP contribution is -2.39. The Morgan fingerprint density at radius 1 is 1.00 bits per heavy atom. The van der Waals surface area contributed by atoms with Gasteiger partial charge >= 0.3 is 0 Å². The number of carbonyl (C=O) groups excluding carboxylic acids is 1. The van der Waals surface area contributed by atoms with Gasteiger partial charge in [0.1, 0.15) is 0 Å². The number of benzene rings is 1. The Kier molecular flexibility index (Phi) is 8.96. The van der Waals surface area contributed by atoms with Crippen molar-refractivity contribution in [2.45, 2.75) is 76.9 Å². The van der Waals surface area contributed by atoms with E-state index in [2.05, 4.69) is 15.4 Å². The fraction of sp³-hybridized carbons (Fsp3) is 0.682. The van der Waals surface area contributed by atoms with E-state index in [0.29, 0.717) is 6.54 Å². The Bertz CT molecular complexity index is 751. The maximum Gasteiger partial charge on any atom is 0.227 e. The maximum atomic E-state index is 12.4. The standard InChI is InChI=1S/C22H37N3O3S/c1-22(2,3)29(27,28)24-16-9-5-8-15-23-19-13-10-14-20(17-19)25-21(26)18-11-6-4-7-12-18/h10,13-14,17-18,23-24H,4-9,11-12,15-16H2,1-3H3,(H,25,26). The summed E-state index contributed by atoms with van der Waals surface area (Å²) >= 11 is 0. The predicted octanol–water partition coefficient (Wildman–Crippen LogP) is 4.51. The van der Waals surface area contributed by atoms with Crippen molar-refractivity contribution in [3.8, 4) is 0 Å². The van der Waals surface area contributed by atoms with Gasteiger partial charge in [-0.3, -0.25) is 4.79 Å². The first-order valence-corrected chi connectivity index (χ1v) is 12.3. The second kappa shape index (κ2) is 11.0. The second-order valence-electron chi connectivity index (χ2n) is 8.90. The van der Waals surface area contributed by atoms with Crippen LogP contribution in [0.1, 0.15) is 72.1 Å². The Balaban J connectivity index is 1.66. The molecule has 0 aromatic heterocycles. The first kappa shape index (κ1) is 23.7. The third-order valence-corrected chi connectivity index (χ3v) is 7.58. The highest BCUT2D eigenvalue weighted by atomic mass is 32.2. The van der Waals surface area contributed by atoms with E-state index in [1.165, 1.54) is 6.42 Å². The maximum absolute atomic E-state index is 12.4. The van der Waals surface area contributed by atoms with E-state index in [1.54, 1.807) is 20.8 Å². The van der Waals surface area contributed by atoms with Gasteiger partial charge in [0, 0.05) is 30.4 Å². The molecule has 0 aliphatic heterocycles. The zero-order valence-corrected chi connectivity index (χ0v) is 18.9. The minimum Gasteiger partial charge on any atom is -0.385 e. The monoisotopic (exact) mass is 423 g/mol. The van der Waals surface area contributed by atoms with Crippen LogP contribution in [0.2, 0.25) is 0 Å². The summed E-state index contributed by atoms with van der Waals surface area (Å²) in [6.07, 6.45) is 8.24. The molecular weight excluding hydrogens is 386 g/mol. The number of carbonyl (C=O) groups is 1. The van der Waals surface area contributed by atoms with Gasteiger partial charge in [0.15, 0.2) is 0 Å². The van der Waals surface area contributed by atoms with Gasteiger partial charge in [-0.1, -0.05) is 31.7 Å². The molecule has 0 atom stereocenters. The first-order chi connectivity index (χ1) is 13.7. The predicted molar refractivity (Wildman–Crippen MR) is 121 cm³/mol. The molecule has 7 heteroatoms. The van der Waals surface area contributed by atoms with Crippen molar-refractivity contribution < 1.29 is 13.2 Å². The van der Waals surface area contributed by atoms with Crippen molar-refractivity contribution >= 4 is 27.3 Å². The summed E-state index contributed by atoms with van der Waals surface area (Å²) < 4.78 is 25.9.